The minimum absolute atomic E-state index is 0.129. The molecule has 0 amide bonds. The zero-order valence-corrected chi connectivity index (χ0v) is 6.60. The van der Waals surface area contributed by atoms with E-state index in [-0.39, 0.29) is 13.2 Å². The minimum atomic E-state index is -0.975. The van der Waals surface area contributed by atoms with E-state index in [0.717, 1.165) is 6.42 Å². The van der Waals surface area contributed by atoms with Gasteiger partial charge in [0.25, 0.3) is 0 Å². The average molecular weight is 150 g/mol. The van der Waals surface area contributed by atoms with Crippen LogP contribution in [0.4, 0.5) is 4.39 Å². The number of rotatable bonds is 6. The van der Waals surface area contributed by atoms with Crippen LogP contribution < -0.4 is 0 Å². The number of hydrogen-bond acceptors (Lipinski definition) is 2. The summed E-state index contributed by atoms with van der Waals surface area (Å²) in [5.41, 5.74) is 0. The normalized spacial score (nSPS) is 13.5. The number of alkyl halides is 1. The van der Waals surface area contributed by atoms with Gasteiger partial charge in [-0.3, -0.25) is 0 Å². The van der Waals surface area contributed by atoms with Gasteiger partial charge in [-0.15, -0.1) is 0 Å². The predicted octanol–water partition coefficient (Wildman–Crippen LogP) is 1.40. The summed E-state index contributed by atoms with van der Waals surface area (Å²) in [5.74, 6) is 0. The molecule has 3 heteroatoms. The number of ether oxygens (including phenoxy) is 2. The molecule has 0 aromatic rings. The highest BCUT2D eigenvalue weighted by Gasteiger charge is 2.03. The van der Waals surface area contributed by atoms with Gasteiger partial charge in [0.1, 0.15) is 6.17 Å². The number of hydrogen-bond donors (Lipinski definition) is 0. The molecule has 0 aromatic carbocycles. The molecular weight excluding hydrogens is 135 g/mol. The molecule has 0 aromatic heterocycles. The predicted molar refractivity (Wildman–Crippen MR) is 37.9 cm³/mol. The Balaban J connectivity index is 2.97. The van der Waals surface area contributed by atoms with Crippen LogP contribution in [0.5, 0.6) is 0 Å². The largest absolute Gasteiger partial charge is 0.382 e. The van der Waals surface area contributed by atoms with Gasteiger partial charge in [-0.05, 0) is 6.42 Å². The Hall–Kier alpha value is -0.150. The zero-order chi connectivity index (χ0) is 7.82. The number of methoxy groups -OCH3 is 1. The highest BCUT2D eigenvalue weighted by Crippen LogP contribution is 1.92. The van der Waals surface area contributed by atoms with Gasteiger partial charge in [-0.25, -0.2) is 4.39 Å². The molecule has 62 valence electrons. The lowest BCUT2D eigenvalue weighted by molar-refractivity contribution is 0.0381. The second-order valence-electron chi connectivity index (χ2n) is 2.13. The highest BCUT2D eigenvalue weighted by molar-refractivity contribution is 4.50. The molecule has 0 aliphatic heterocycles. The van der Waals surface area contributed by atoms with Crippen molar-refractivity contribution in [1.82, 2.24) is 0 Å². The van der Waals surface area contributed by atoms with Crippen LogP contribution in [0.25, 0.3) is 0 Å². The van der Waals surface area contributed by atoms with Gasteiger partial charge in [0, 0.05) is 13.7 Å². The maximum atomic E-state index is 12.5. The molecular formula is C7H15FO2. The first-order chi connectivity index (χ1) is 4.81. The summed E-state index contributed by atoms with van der Waals surface area (Å²) >= 11 is 0. The van der Waals surface area contributed by atoms with Crippen molar-refractivity contribution < 1.29 is 13.9 Å². The molecule has 0 saturated carbocycles. The maximum absolute atomic E-state index is 12.5. The molecule has 1 unspecified atom stereocenters. The summed E-state index contributed by atoms with van der Waals surface area (Å²) in [6, 6.07) is 0. The average Bonchev–Trinajstić information content (AvgIpc) is 1.89. The molecule has 0 N–H and O–H groups in total. The molecule has 0 radical (unpaired) electrons. The van der Waals surface area contributed by atoms with Crippen molar-refractivity contribution in [3.05, 3.63) is 0 Å². The summed E-state index contributed by atoms with van der Waals surface area (Å²) in [6.07, 6.45) is -0.0452. The third-order valence-corrected chi connectivity index (χ3v) is 0.995. The molecule has 2 nitrogen and oxygen atoms in total. The molecule has 1 atom stereocenters. The fourth-order valence-corrected chi connectivity index (χ4v) is 0.585. The Labute approximate surface area is 61.3 Å². The fourth-order valence-electron chi connectivity index (χ4n) is 0.585. The molecule has 0 aliphatic carbocycles. The van der Waals surface area contributed by atoms with E-state index >= 15 is 0 Å². The SMILES string of the molecule is CCCOCC(F)COC. The van der Waals surface area contributed by atoms with Crippen LogP contribution >= 0.6 is 0 Å². The van der Waals surface area contributed by atoms with E-state index in [4.69, 9.17) is 4.74 Å². The van der Waals surface area contributed by atoms with E-state index in [0.29, 0.717) is 6.61 Å². The second kappa shape index (κ2) is 6.96. The van der Waals surface area contributed by atoms with Crippen molar-refractivity contribution in [3.8, 4) is 0 Å². The standard InChI is InChI=1S/C7H15FO2/c1-3-4-10-6-7(8)5-9-2/h7H,3-6H2,1-2H3. The van der Waals surface area contributed by atoms with E-state index in [1.807, 2.05) is 6.92 Å². The molecule has 0 rings (SSSR count). The third kappa shape index (κ3) is 5.98. The third-order valence-electron chi connectivity index (χ3n) is 0.995. The first-order valence-electron chi connectivity index (χ1n) is 3.52. The van der Waals surface area contributed by atoms with Crippen LogP contribution in [0.1, 0.15) is 13.3 Å². The van der Waals surface area contributed by atoms with Crippen LogP contribution in [0.15, 0.2) is 0 Å². The van der Waals surface area contributed by atoms with Gasteiger partial charge in [0.05, 0.1) is 13.2 Å². The molecule has 0 saturated heterocycles. The Kier molecular flexibility index (Phi) is 6.86. The second-order valence-corrected chi connectivity index (χ2v) is 2.13. The van der Waals surface area contributed by atoms with Crippen molar-refractivity contribution in [2.45, 2.75) is 19.5 Å². The first kappa shape index (κ1) is 9.85. The smallest absolute Gasteiger partial charge is 0.146 e. The Morgan fingerprint density at radius 1 is 1.40 bits per heavy atom. The lowest BCUT2D eigenvalue weighted by Gasteiger charge is -2.06. The topological polar surface area (TPSA) is 18.5 Å². The van der Waals surface area contributed by atoms with Gasteiger partial charge >= 0.3 is 0 Å². The maximum Gasteiger partial charge on any atom is 0.146 e. The molecule has 0 spiro atoms. The van der Waals surface area contributed by atoms with E-state index in [1.54, 1.807) is 0 Å². The van der Waals surface area contributed by atoms with E-state index in [1.165, 1.54) is 7.11 Å². The lowest BCUT2D eigenvalue weighted by Crippen LogP contribution is -2.16. The van der Waals surface area contributed by atoms with Crippen molar-refractivity contribution >= 4 is 0 Å². The monoisotopic (exact) mass is 150 g/mol. The van der Waals surface area contributed by atoms with Gasteiger partial charge < -0.3 is 9.47 Å². The Morgan fingerprint density at radius 3 is 2.60 bits per heavy atom. The van der Waals surface area contributed by atoms with Gasteiger partial charge in [0.15, 0.2) is 0 Å². The lowest BCUT2D eigenvalue weighted by atomic mass is 10.4. The summed E-state index contributed by atoms with van der Waals surface area (Å²) in [6.45, 7) is 2.90. The summed E-state index contributed by atoms with van der Waals surface area (Å²) in [7, 11) is 1.48. The van der Waals surface area contributed by atoms with Crippen molar-refractivity contribution in [1.29, 1.82) is 0 Å². The Morgan fingerprint density at radius 2 is 2.10 bits per heavy atom. The summed E-state index contributed by atoms with van der Waals surface area (Å²) < 4.78 is 22.0. The van der Waals surface area contributed by atoms with Gasteiger partial charge in [0.2, 0.25) is 0 Å². The first-order valence-corrected chi connectivity index (χ1v) is 3.52. The van der Waals surface area contributed by atoms with Crippen LogP contribution in [0.2, 0.25) is 0 Å². The summed E-state index contributed by atoms with van der Waals surface area (Å²) in [4.78, 5) is 0. The molecule has 0 aliphatic rings. The van der Waals surface area contributed by atoms with Gasteiger partial charge in [-0.2, -0.15) is 0 Å². The highest BCUT2D eigenvalue weighted by atomic mass is 19.1. The van der Waals surface area contributed by atoms with Crippen LogP contribution in [0, 0.1) is 0 Å². The van der Waals surface area contributed by atoms with Crippen LogP contribution in [-0.4, -0.2) is 33.1 Å². The van der Waals surface area contributed by atoms with Crippen LogP contribution in [-0.2, 0) is 9.47 Å². The molecule has 0 heterocycles. The van der Waals surface area contributed by atoms with Crippen molar-refractivity contribution in [3.63, 3.8) is 0 Å². The van der Waals surface area contributed by atoms with Crippen molar-refractivity contribution in [2.24, 2.45) is 0 Å². The number of halogens is 1. The Bertz CT molecular complexity index is 68.6. The minimum Gasteiger partial charge on any atom is -0.382 e. The van der Waals surface area contributed by atoms with E-state index in [2.05, 4.69) is 4.74 Å². The summed E-state index contributed by atoms with van der Waals surface area (Å²) in [5, 5.41) is 0. The van der Waals surface area contributed by atoms with Crippen molar-refractivity contribution in [2.75, 3.05) is 26.9 Å². The quantitative estimate of drug-likeness (QED) is 0.533. The molecule has 0 bridgehead atoms. The molecule has 10 heavy (non-hydrogen) atoms. The fraction of sp³-hybridized carbons (Fsp3) is 1.00. The van der Waals surface area contributed by atoms with E-state index < -0.39 is 6.17 Å². The van der Waals surface area contributed by atoms with Crippen LogP contribution in [0.3, 0.4) is 0 Å². The zero-order valence-electron chi connectivity index (χ0n) is 6.60. The van der Waals surface area contributed by atoms with E-state index in [9.17, 15) is 4.39 Å². The molecule has 0 fully saturated rings. The van der Waals surface area contributed by atoms with Gasteiger partial charge in [-0.1, -0.05) is 6.92 Å².